The molecule has 1 aliphatic rings. The Balaban J connectivity index is 2.19. The average molecular weight is 459 g/mol. The van der Waals surface area contributed by atoms with Gasteiger partial charge in [-0.2, -0.15) is 13.2 Å². The van der Waals surface area contributed by atoms with Gasteiger partial charge in [0.05, 0.1) is 38.0 Å². The number of halogens is 4. The van der Waals surface area contributed by atoms with Crippen LogP contribution in [-0.2, 0) is 6.18 Å². The zero-order valence-corrected chi connectivity index (χ0v) is 18.4. The maximum atomic E-state index is 13.6. The summed E-state index contributed by atoms with van der Waals surface area (Å²) in [5, 5.41) is 3.01. The molecule has 0 bridgehead atoms. The number of alkyl halides is 3. The molecule has 1 N–H and O–H groups in total. The van der Waals surface area contributed by atoms with E-state index in [-0.39, 0.29) is 5.02 Å². The van der Waals surface area contributed by atoms with E-state index in [1.54, 1.807) is 18.2 Å². The zero-order chi connectivity index (χ0) is 22.6. The van der Waals surface area contributed by atoms with Crippen LogP contribution in [0.3, 0.4) is 0 Å². The highest BCUT2D eigenvalue weighted by atomic mass is 35.5. The summed E-state index contributed by atoms with van der Waals surface area (Å²) in [5.74, 6) is 1.32. The number of ether oxygens (including phenoxy) is 3. The Morgan fingerprint density at radius 3 is 2.19 bits per heavy atom. The molecular weight excluding hydrogens is 433 g/mol. The van der Waals surface area contributed by atoms with E-state index in [1.165, 1.54) is 27.4 Å². The van der Waals surface area contributed by atoms with Crippen LogP contribution >= 0.6 is 11.6 Å². The van der Waals surface area contributed by atoms with Gasteiger partial charge < -0.3 is 19.5 Å². The van der Waals surface area contributed by atoms with Crippen LogP contribution in [0.1, 0.15) is 29.2 Å². The van der Waals surface area contributed by atoms with Gasteiger partial charge in [0.1, 0.15) is 0 Å². The molecule has 170 valence electrons. The lowest BCUT2D eigenvalue weighted by Gasteiger charge is -2.32. The van der Waals surface area contributed by atoms with Crippen molar-refractivity contribution < 1.29 is 27.4 Å². The van der Waals surface area contributed by atoms with Crippen molar-refractivity contribution in [2.45, 2.75) is 18.6 Å². The fourth-order valence-corrected chi connectivity index (χ4v) is 4.15. The normalized spacial score (nSPS) is 16.5. The minimum Gasteiger partial charge on any atom is -0.493 e. The van der Waals surface area contributed by atoms with E-state index in [0.29, 0.717) is 29.4 Å². The molecule has 9 heteroatoms. The maximum Gasteiger partial charge on any atom is 0.417 e. The number of nitrogens with one attached hydrogen (secondary N) is 1. The number of rotatable bonds is 6. The number of hydrogen-bond acceptors (Lipinski definition) is 5. The van der Waals surface area contributed by atoms with Crippen molar-refractivity contribution in [3.05, 3.63) is 52.0 Å². The van der Waals surface area contributed by atoms with E-state index in [2.05, 4.69) is 10.2 Å². The van der Waals surface area contributed by atoms with Crippen molar-refractivity contribution in [2.75, 3.05) is 47.5 Å². The van der Waals surface area contributed by atoms with Gasteiger partial charge >= 0.3 is 6.18 Å². The first-order chi connectivity index (χ1) is 14.8. The molecule has 1 unspecified atom stereocenters. The Labute approximate surface area is 185 Å². The van der Waals surface area contributed by atoms with Crippen molar-refractivity contribution in [1.29, 1.82) is 0 Å². The molecule has 31 heavy (non-hydrogen) atoms. The topological polar surface area (TPSA) is 43.0 Å². The highest BCUT2D eigenvalue weighted by molar-refractivity contribution is 6.31. The third-order valence-corrected chi connectivity index (χ3v) is 5.68. The molecule has 0 radical (unpaired) electrons. The third-order valence-electron chi connectivity index (χ3n) is 5.35. The Morgan fingerprint density at radius 1 is 0.935 bits per heavy atom. The molecule has 2 aromatic carbocycles. The SMILES string of the molecule is COc1cc(C(c2ccc(Cl)c(C(F)(F)F)c2)N2CCCNCC2)cc(OC)c1OC. The molecule has 3 rings (SSSR count). The second-order valence-corrected chi connectivity index (χ2v) is 7.64. The lowest BCUT2D eigenvalue weighted by Crippen LogP contribution is -2.33. The molecule has 1 fully saturated rings. The summed E-state index contributed by atoms with van der Waals surface area (Å²) in [6.45, 7) is 2.98. The quantitative estimate of drug-likeness (QED) is 0.675. The van der Waals surface area contributed by atoms with E-state index in [1.807, 2.05) is 0 Å². The minimum absolute atomic E-state index is 0.322. The van der Waals surface area contributed by atoms with Gasteiger partial charge in [-0.15, -0.1) is 0 Å². The fourth-order valence-electron chi connectivity index (χ4n) is 3.93. The van der Waals surface area contributed by atoms with Crippen LogP contribution in [0.2, 0.25) is 5.02 Å². The summed E-state index contributed by atoms with van der Waals surface area (Å²) >= 11 is 5.88. The molecule has 1 saturated heterocycles. The van der Waals surface area contributed by atoms with E-state index in [9.17, 15) is 13.2 Å². The molecule has 1 aliphatic heterocycles. The largest absolute Gasteiger partial charge is 0.493 e. The van der Waals surface area contributed by atoms with Gasteiger partial charge in [0.15, 0.2) is 11.5 Å². The predicted molar refractivity (Wildman–Crippen MR) is 113 cm³/mol. The van der Waals surface area contributed by atoms with Crippen molar-refractivity contribution in [3.8, 4) is 17.2 Å². The van der Waals surface area contributed by atoms with Gasteiger partial charge in [-0.25, -0.2) is 0 Å². The van der Waals surface area contributed by atoms with Gasteiger partial charge in [-0.3, -0.25) is 4.90 Å². The standard InChI is InChI=1S/C22H26ClF3N2O3/c1-29-18-12-15(13-19(30-2)21(18)31-3)20(28-9-4-7-27-8-10-28)14-5-6-17(23)16(11-14)22(24,25)26/h5-6,11-13,20,27H,4,7-10H2,1-3H3. The Morgan fingerprint density at radius 2 is 1.61 bits per heavy atom. The first-order valence-electron chi connectivity index (χ1n) is 9.91. The summed E-state index contributed by atoms with van der Waals surface area (Å²) in [4.78, 5) is 2.16. The van der Waals surface area contributed by atoms with E-state index in [4.69, 9.17) is 25.8 Å². The molecule has 0 saturated carbocycles. The number of nitrogens with zero attached hydrogens (tertiary/aromatic N) is 1. The van der Waals surface area contributed by atoms with Crippen LogP contribution in [0.5, 0.6) is 17.2 Å². The molecule has 0 aromatic heterocycles. The summed E-state index contributed by atoms with van der Waals surface area (Å²) in [6.07, 6.45) is -3.67. The first kappa shape index (κ1) is 23.5. The van der Waals surface area contributed by atoms with Crippen LogP contribution in [0.15, 0.2) is 30.3 Å². The monoisotopic (exact) mass is 458 g/mol. The summed E-state index contributed by atoms with van der Waals surface area (Å²) in [7, 11) is 4.53. The zero-order valence-electron chi connectivity index (χ0n) is 17.7. The van der Waals surface area contributed by atoms with Gasteiger partial charge in [-0.05, 0) is 48.4 Å². The second kappa shape index (κ2) is 9.97. The van der Waals surface area contributed by atoms with Crippen LogP contribution in [0.4, 0.5) is 13.2 Å². The lowest BCUT2D eigenvalue weighted by atomic mass is 9.94. The first-order valence-corrected chi connectivity index (χ1v) is 10.3. The Hall–Kier alpha value is -2.16. The van der Waals surface area contributed by atoms with Crippen LogP contribution < -0.4 is 19.5 Å². The van der Waals surface area contributed by atoms with E-state index < -0.39 is 17.8 Å². The van der Waals surface area contributed by atoms with Gasteiger partial charge in [0.25, 0.3) is 0 Å². The summed E-state index contributed by atoms with van der Waals surface area (Å²) in [5.41, 5.74) is 0.386. The number of benzene rings is 2. The molecule has 1 atom stereocenters. The van der Waals surface area contributed by atoms with Crippen LogP contribution in [-0.4, -0.2) is 52.4 Å². The molecule has 5 nitrogen and oxygen atoms in total. The van der Waals surface area contributed by atoms with Gasteiger partial charge in [0, 0.05) is 19.6 Å². The fraction of sp³-hybridized carbons (Fsp3) is 0.455. The van der Waals surface area contributed by atoms with E-state index in [0.717, 1.165) is 37.7 Å². The number of hydrogen-bond donors (Lipinski definition) is 1. The van der Waals surface area contributed by atoms with Crippen molar-refractivity contribution in [2.24, 2.45) is 0 Å². The molecule has 0 amide bonds. The molecule has 1 heterocycles. The highest BCUT2D eigenvalue weighted by Gasteiger charge is 2.35. The lowest BCUT2D eigenvalue weighted by molar-refractivity contribution is -0.137. The van der Waals surface area contributed by atoms with Gasteiger partial charge in [0.2, 0.25) is 5.75 Å². The van der Waals surface area contributed by atoms with Crippen LogP contribution in [0, 0.1) is 0 Å². The molecular formula is C22H26ClF3N2O3. The summed E-state index contributed by atoms with van der Waals surface area (Å²) < 4.78 is 57.1. The number of methoxy groups -OCH3 is 3. The second-order valence-electron chi connectivity index (χ2n) is 7.24. The maximum absolute atomic E-state index is 13.6. The molecule has 0 spiro atoms. The van der Waals surface area contributed by atoms with E-state index >= 15 is 0 Å². The van der Waals surface area contributed by atoms with Crippen molar-refractivity contribution >= 4 is 11.6 Å². The third kappa shape index (κ3) is 5.19. The smallest absolute Gasteiger partial charge is 0.417 e. The Bertz CT molecular complexity index is 875. The average Bonchev–Trinajstić information content (AvgIpc) is 3.02. The predicted octanol–water partition coefficient (Wildman–Crippen LogP) is 4.77. The highest BCUT2D eigenvalue weighted by Crippen LogP contribution is 2.43. The van der Waals surface area contributed by atoms with Crippen molar-refractivity contribution in [3.63, 3.8) is 0 Å². The van der Waals surface area contributed by atoms with Gasteiger partial charge in [-0.1, -0.05) is 17.7 Å². The Kier molecular flexibility index (Phi) is 7.56. The molecule has 2 aromatic rings. The van der Waals surface area contributed by atoms with Crippen LogP contribution in [0.25, 0.3) is 0 Å². The molecule has 0 aliphatic carbocycles. The minimum atomic E-state index is -4.55. The summed E-state index contributed by atoms with van der Waals surface area (Å²) in [6, 6.07) is 7.20. The van der Waals surface area contributed by atoms with Crippen molar-refractivity contribution in [1.82, 2.24) is 10.2 Å².